The minimum Gasteiger partial charge on any atom is -0.335 e. The molecule has 22 heavy (non-hydrogen) atoms. The zero-order chi connectivity index (χ0) is 14.9. The molecule has 2 heterocycles. The fourth-order valence-corrected chi connectivity index (χ4v) is 7.43. The quantitative estimate of drug-likeness (QED) is 0.751. The number of nitrogens with zero attached hydrogens (tertiary/aromatic N) is 1. The molecule has 4 aliphatic carbocycles. The molecule has 3 heteroatoms. The van der Waals surface area contributed by atoms with Crippen molar-refractivity contribution in [2.75, 3.05) is 6.54 Å². The number of carbonyl (C=O) groups excluding carboxylic acids is 1. The Bertz CT molecular complexity index is 583. The van der Waals surface area contributed by atoms with Crippen LogP contribution in [0.4, 0.5) is 0 Å². The minimum absolute atomic E-state index is 0.0243. The topological polar surface area (TPSA) is 20.3 Å². The molecule has 4 fully saturated rings. The zero-order valence-corrected chi connectivity index (χ0v) is 14.2. The van der Waals surface area contributed by atoms with Crippen LogP contribution in [0.5, 0.6) is 0 Å². The first-order chi connectivity index (χ1) is 10.6. The van der Waals surface area contributed by atoms with Crippen LogP contribution in [0.3, 0.4) is 0 Å². The first-order valence-electron chi connectivity index (χ1n) is 9.02. The highest BCUT2D eigenvalue weighted by Crippen LogP contribution is 2.61. The van der Waals surface area contributed by atoms with Gasteiger partial charge in [-0.15, -0.1) is 11.3 Å². The van der Waals surface area contributed by atoms with E-state index in [1.165, 1.54) is 49.0 Å². The van der Waals surface area contributed by atoms with E-state index >= 15 is 0 Å². The molecule has 0 N–H and O–H groups in total. The van der Waals surface area contributed by atoms with Crippen LogP contribution in [0.15, 0.2) is 11.4 Å². The first kappa shape index (κ1) is 13.6. The average Bonchev–Trinajstić information content (AvgIpc) is 2.95. The largest absolute Gasteiger partial charge is 0.335 e. The van der Waals surface area contributed by atoms with Gasteiger partial charge in [-0.1, -0.05) is 0 Å². The van der Waals surface area contributed by atoms with Crippen molar-refractivity contribution in [2.24, 2.45) is 23.2 Å². The standard InChI is InChI=1S/C19H25NOS/c1-12-16-3-5-22-17(16)2-4-20(12)18(21)19-9-13-6-14(10-19)8-15(7-13)11-19/h3,5,12-15H,2,4,6-11H2,1H3/t12-,13?,14?,15?,19?/m1/s1. The van der Waals surface area contributed by atoms with Gasteiger partial charge >= 0.3 is 0 Å². The average molecular weight is 315 g/mol. The van der Waals surface area contributed by atoms with E-state index in [0.29, 0.717) is 5.91 Å². The Balaban J connectivity index is 1.45. The Morgan fingerprint density at radius 2 is 1.82 bits per heavy atom. The molecule has 4 bridgehead atoms. The van der Waals surface area contributed by atoms with E-state index in [1.807, 2.05) is 11.3 Å². The van der Waals surface area contributed by atoms with Crippen molar-refractivity contribution in [3.8, 4) is 0 Å². The second-order valence-corrected chi connectivity index (χ2v) is 9.42. The van der Waals surface area contributed by atoms with E-state index in [0.717, 1.165) is 30.7 Å². The number of rotatable bonds is 1. The third-order valence-corrected chi connectivity index (χ3v) is 8.03. The lowest BCUT2D eigenvalue weighted by Crippen LogP contribution is -2.55. The summed E-state index contributed by atoms with van der Waals surface area (Å²) in [5.74, 6) is 3.07. The molecule has 5 aliphatic rings. The lowest BCUT2D eigenvalue weighted by molar-refractivity contribution is -0.160. The van der Waals surface area contributed by atoms with Crippen LogP contribution in [0.1, 0.15) is 61.9 Å². The van der Waals surface area contributed by atoms with Gasteiger partial charge in [0.05, 0.1) is 11.5 Å². The Labute approximate surface area is 136 Å². The van der Waals surface area contributed by atoms with Gasteiger partial charge in [-0.2, -0.15) is 0 Å². The summed E-state index contributed by atoms with van der Waals surface area (Å²) in [7, 11) is 0. The molecule has 1 aromatic heterocycles. The Morgan fingerprint density at radius 3 is 2.45 bits per heavy atom. The van der Waals surface area contributed by atoms with Gasteiger partial charge in [0.1, 0.15) is 0 Å². The third kappa shape index (κ3) is 1.81. The van der Waals surface area contributed by atoms with Gasteiger partial charge in [0.25, 0.3) is 0 Å². The van der Waals surface area contributed by atoms with Crippen molar-refractivity contribution in [3.63, 3.8) is 0 Å². The second-order valence-electron chi connectivity index (χ2n) is 8.42. The number of carbonyl (C=O) groups is 1. The smallest absolute Gasteiger partial charge is 0.229 e. The monoisotopic (exact) mass is 315 g/mol. The lowest BCUT2D eigenvalue weighted by atomic mass is 9.49. The van der Waals surface area contributed by atoms with Crippen LogP contribution in [0.2, 0.25) is 0 Å². The summed E-state index contributed by atoms with van der Waals surface area (Å²) in [5, 5.41) is 2.19. The molecule has 0 aromatic carbocycles. The predicted molar refractivity (Wildman–Crippen MR) is 88.8 cm³/mol. The normalized spacial score (nSPS) is 42.5. The number of amides is 1. The molecule has 1 aromatic rings. The molecule has 0 radical (unpaired) electrons. The van der Waals surface area contributed by atoms with Crippen molar-refractivity contribution < 1.29 is 4.79 Å². The Morgan fingerprint density at radius 1 is 1.18 bits per heavy atom. The summed E-state index contributed by atoms with van der Waals surface area (Å²) in [6, 6.07) is 2.53. The SMILES string of the molecule is C[C@@H]1c2ccsc2CCN1C(=O)C12CC3CC(CC(C3)C1)C2. The van der Waals surface area contributed by atoms with Crippen LogP contribution in [0.25, 0.3) is 0 Å². The fourth-order valence-electron chi connectivity index (χ4n) is 6.46. The maximum Gasteiger partial charge on any atom is 0.229 e. The van der Waals surface area contributed by atoms with Crippen molar-refractivity contribution in [3.05, 3.63) is 21.9 Å². The number of hydrogen-bond acceptors (Lipinski definition) is 2. The van der Waals surface area contributed by atoms with Crippen molar-refractivity contribution in [1.29, 1.82) is 0 Å². The number of fused-ring (bicyclic) bond motifs is 1. The number of thiophene rings is 1. The zero-order valence-electron chi connectivity index (χ0n) is 13.4. The molecular weight excluding hydrogens is 290 g/mol. The highest BCUT2D eigenvalue weighted by molar-refractivity contribution is 7.10. The Hall–Kier alpha value is -0.830. The van der Waals surface area contributed by atoms with Crippen LogP contribution < -0.4 is 0 Å². The molecule has 0 spiro atoms. The second kappa shape index (κ2) is 4.59. The minimum atomic E-state index is 0.0243. The maximum absolute atomic E-state index is 13.5. The van der Waals surface area contributed by atoms with Gasteiger partial charge < -0.3 is 4.90 Å². The van der Waals surface area contributed by atoms with Gasteiger partial charge in [0.15, 0.2) is 0 Å². The van der Waals surface area contributed by atoms with E-state index in [2.05, 4.69) is 23.3 Å². The van der Waals surface area contributed by atoms with Crippen LogP contribution in [0, 0.1) is 23.2 Å². The van der Waals surface area contributed by atoms with E-state index in [-0.39, 0.29) is 11.5 Å². The van der Waals surface area contributed by atoms with Gasteiger partial charge in [-0.05, 0) is 86.6 Å². The highest BCUT2D eigenvalue weighted by Gasteiger charge is 2.56. The van der Waals surface area contributed by atoms with Crippen LogP contribution >= 0.6 is 11.3 Å². The summed E-state index contributed by atoms with van der Waals surface area (Å²) >= 11 is 1.86. The lowest BCUT2D eigenvalue weighted by Gasteiger charge is -2.57. The van der Waals surface area contributed by atoms with Crippen LogP contribution in [-0.4, -0.2) is 17.4 Å². The van der Waals surface area contributed by atoms with E-state index < -0.39 is 0 Å². The van der Waals surface area contributed by atoms with E-state index in [1.54, 1.807) is 0 Å². The van der Waals surface area contributed by atoms with E-state index in [4.69, 9.17) is 0 Å². The van der Waals surface area contributed by atoms with Gasteiger partial charge in [-0.3, -0.25) is 4.79 Å². The van der Waals surface area contributed by atoms with Crippen LogP contribution in [-0.2, 0) is 11.2 Å². The molecule has 4 saturated carbocycles. The Kier molecular flexibility index (Phi) is 2.84. The summed E-state index contributed by atoms with van der Waals surface area (Å²) in [4.78, 5) is 17.3. The van der Waals surface area contributed by atoms with Crippen molar-refractivity contribution in [1.82, 2.24) is 4.90 Å². The molecule has 2 nitrogen and oxygen atoms in total. The third-order valence-electron chi connectivity index (χ3n) is 7.03. The van der Waals surface area contributed by atoms with Gasteiger partial charge in [0.2, 0.25) is 5.91 Å². The first-order valence-corrected chi connectivity index (χ1v) is 9.90. The van der Waals surface area contributed by atoms with Crippen molar-refractivity contribution in [2.45, 2.75) is 57.9 Å². The summed E-state index contributed by atoms with van der Waals surface area (Å²) in [6.07, 6.45) is 8.88. The summed E-state index contributed by atoms with van der Waals surface area (Å²) in [5.41, 5.74) is 1.44. The number of hydrogen-bond donors (Lipinski definition) is 0. The molecule has 1 amide bonds. The van der Waals surface area contributed by atoms with Gasteiger partial charge in [-0.25, -0.2) is 0 Å². The predicted octanol–water partition coefficient (Wildman–Crippen LogP) is 4.41. The summed E-state index contributed by atoms with van der Waals surface area (Å²) in [6.45, 7) is 3.18. The molecular formula is C19H25NOS. The fraction of sp³-hybridized carbons (Fsp3) is 0.737. The van der Waals surface area contributed by atoms with Gasteiger partial charge in [0, 0.05) is 11.4 Å². The molecule has 1 aliphatic heterocycles. The molecule has 1 atom stereocenters. The molecule has 0 unspecified atom stereocenters. The maximum atomic E-state index is 13.5. The molecule has 0 saturated heterocycles. The molecule has 6 rings (SSSR count). The van der Waals surface area contributed by atoms with Crippen molar-refractivity contribution >= 4 is 17.2 Å². The molecule has 118 valence electrons. The summed E-state index contributed by atoms with van der Waals surface area (Å²) < 4.78 is 0. The van der Waals surface area contributed by atoms with E-state index in [9.17, 15) is 4.79 Å². The highest BCUT2D eigenvalue weighted by atomic mass is 32.1.